The lowest BCUT2D eigenvalue weighted by Gasteiger charge is -2.34. The Kier molecular flexibility index (Phi) is 10.2. The number of carbonyl (C=O) groups excluding carboxylic acids is 2. The number of rotatable bonds is 9. The molecule has 6 rings (SSSR count). The zero-order valence-electron chi connectivity index (χ0n) is 29.0. The zero-order chi connectivity index (χ0) is 37.0. The molecule has 1 saturated heterocycles. The van der Waals surface area contributed by atoms with Gasteiger partial charge in [0.05, 0.1) is 19.2 Å². The Labute approximate surface area is 297 Å². The molecule has 12 nitrogen and oxygen atoms in total. The second-order valence-corrected chi connectivity index (χ2v) is 13.3. The molecule has 1 unspecified atom stereocenters. The number of piperidine rings is 1. The second kappa shape index (κ2) is 14.8. The van der Waals surface area contributed by atoms with E-state index in [4.69, 9.17) is 19.3 Å². The van der Waals surface area contributed by atoms with Gasteiger partial charge in [0.1, 0.15) is 34.1 Å². The minimum atomic E-state index is -4.57. The van der Waals surface area contributed by atoms with Crippen molar-refractivity contribution in [2.45, 2.75) is 58.0 Å². The highest BCUT2D eigenvalue weighted by molar-refractivity contribution is 6.03. The van der Waals surface area contributed by atoms with Crippen LogP contribution in [-0.2, 0) is 17.5 Å². The lowest BCUT2D eigenvalue weighted by Crippen LogP contribution is -2.47. The number of ether oxygens (including phenoxy) is 3. The molecule has 3 aromatic heterocycles. The van der Waals surface area contributed by atoms with Crippen LogP contribution in [0.1, 0.15) is 55.1 Å². The number of likely N-dealkylation sites (tertiary alicyclic amines) is 1. The Hall–Kier alpha value is -5.86. The first kappa shape index (κ1) is 35.9. The predicted octanol–water partition coefficient (Wildman–Crippen LogP) is 7.76. The van der Waals surface area contributed by atoms with Gasteiger partial charge < -0.3 is 29.7 Å². The maximum Gasteiger partial charge on any atom is 0.416 e. The molecule has 0 spiro atoms. The number of pyridine rings is 2. The van der Waals surface area contributed by atoms with Crippen molar-refractivity contribution in [1.82, 2.24) is 24.6 Å². The highest BCUT2D eigenvalue weighted by Crippen LogP contribution is 2.36. The van der Waals surface area contributed by atoms with Crippen molar-refractivity contribution in [1.29, 1.82) is 0 Å². The number of amides is 2. The standard InChI is InChI=1S/C37H38F3N7O5/c1-36(2,3)52-35(49)46-19-5-6-26(22-46)43-32-31-29(16-18-42-33(31)47(45-32)21-23-7-11-27(50-4)12-8-23)51-28-13-9-24(10-14-28)34(48)44-30-20-25(15-17-41-30)37(38,39)40/h7-18,20,26H,5-6,19,21-22H2,1-4H3,(H,43,45)(H,41,44,48). The average molecular weight is 718 g/mol. The van der Waals surface area contributed by atoms with E-state index in [9.17, 15) is 22.8 Å². The summed E-state index contributed by atoms with van der Waals surface area (Å²) in [6.45, 7) is 6.90. The molecule has 2 aromatic carbocycles. The van der Waals surface area contributed by atoms with Crippen LogP contribution in [-0.4, -0.2) is 68.5 Å². The minimum absolute atomic E-state index is 0.133. The van der Waals surface area contributed by atoms with Crippen molar-refractivity contribution in [3.05, 3.63) is 95.8 Å². The normalized spacial score (nSPS) is 14.9. The van der Waals surface area contributed by atoms with Crippen LogP contribution in [0.4, 0.5) is 29.6 Å². The SMILES string of the molecule is COc1ccc(Cn2nc(NC3CCCN(C(=O)OC(C)(C)C)C3)c3c(Oc4ccc(C(=O)Nc5cc(C(F)(F)F)ccn5)cc4)ccnc32)cc1. The molecule has 1 aliphatic heterocycles. The van der Waals surface area contributed by atoms with Crippen molar-refractivity contribution < 1.29 is 37.0 Å². The minimum Gasteiger partial charge on any atom is -0.497 e. The highest BCUT2D eigenvalue weighted by atomic mass is 19.4. The molecule has 0 saturated carbocycles. The topological polar surface area (TPSA) is 133 Å². The molecule has 1 fully saturated rings. The number of benzene rings is 2. The first-order chi connectivity index (χ1) is 24.8. The van der Waals surface area contributed by atoms with E-state index in [0.717, 1.165) is 42.5 Å². The van der Waals surface area contributed by atoms with E-state index < -0.39 is 23.2 Å². The van der Waals surface area contributed by atoms with Crippen molar-refractivity contribution in [2.75, 3.05) is 30.8 Å². The number of nitrogens with zero attached hydrogens (tertiary/aromatic N) is 5. The lowest BCUT2D eigenvalue weighted by atomic mass is 10.1. The molecule has 0 aliphatic carbocycles. The Balaban J connectivity index is 1.25. The van der Waals surface area contributed by atoms with E-state index in [2.05, 4.69) is 20.6 Å². The molecule has 52 heavy (non-hydrogen) atoms. The van der Waals surface area contributed by atoms with Crippen LogP contribution >= 0.6 is 0 Å². The van der Waals surface area contributed by atoms with Crippen molar-refractivity contribution >= 4 is 34.7 Å². The van der Waals surface area contributed by atoms with Gasteiger partial charge in [0.15, 0.2) is 11.5 Å². The van der Waals surface area contributed by atoms with Crippen LogP contribution in [0, 0.1) is 0 Å². The molecular weight excluding hydrogens is 679 g/mol. The number of hydrogen-bond donors (Lipinski definition) is 2. The van der Waals surface area contributed by atoms with Crippen LogP contribution < -0.4 is 20.1 Å². The van der Waals surface area contributed by atoms with Crippen molar-refractivity contribution in [2.24, 2.45) is 0 Å². The van der Waals surface area contributed by atoms with E-state index in [1.54, 1.807) is 41.1 Å². The number of fused-ring (bicyclic) bond motifs is 1. The zero-order valence-corrected chi connectivity index (χ0v) is 29.0. The summed E-state index contributed by atoms with van der Waals surface area (Å²) in [5, 5.41) is 11.5. The molecule has 5 aromatic rings. The molecule has 2 N–H and O–H groups in total. The summed E-state index contributed by atoms with van der Waals surface area (Å²) >= 11 is 0. The summed E-state index contributed by atoms with van der Waals surface area (Å²) in [5.74, 6) is 1.23. The van der Waals surface area contributed by atoms with Crippen LogP contribution in [0.5, 0.6) is 17.2 Å². The van der Waals surface area contributed by atoms with E-state index in [1.807, 2.05) is 45.0 Å². The number of halogens is 3. The van der Waals surface area contributed by atoms with E-state index in [1.165, 1.54) is 12.1 Å². The average Bonchev–Trinajstić information content (AvgIpc) is 3.45. The smallest absolute Gasteiger partial charge is 0.416 e. The van der Waals surface area contributed by atoms with Gasteiger partial charge in [-0.05, 0) is 87.7 Å². The number of alkyl halides is 3. The largest absolute Gasteiger partial charge is 0.497 e. The summed E-state index contributed by atoms with van der Waals surface area (Å²) in [6, 6.07) is 17.0. The Morgan fingerprint density at radius 3 is 2.35 bits per heavy atom. The predicted molar refractivity (Wildman–Crippen MR) is 188 cm³/mol. The third kappa shape index (κ3) is 8.71. The summed E-state index contributed by atoms with van der Waals surface area (Å²) in [5.41, 5.74) is 0.171. The van der Waals surface area contributed by atoms with Gasteiger partial charge in [-0.3, -0.25) is 4.79 Å². The number of carbonyl (C=O) groups is 2. The third-order valence-corrected chi connectivity index (χ3v) is 8.17. The number of anilines is 2. The summed E-state index contributed by atoms with van der Waals surface area (Å²) in [7, 11) is 1.61. The van der Waals surface area contributed by atoms with Gasteiger partial charge in [-0.25, -0.2) is 19.4 Å². The highest BCUT2D eigenvalue weighted by Gasteiger charge is 2.31. The van der Waals surface area contributed by atoms with Gasteiger partial charge in [-0.15, -0.1) is 0 Å². The Morgan fingerprint density at radius 2 is 1.65 bits per heavy atom. The number of nitrogens with one attached hydrogen (secondary N) is 2. The Bertz CT molecular complexity index is 2040. The first-order valence-electron chi connectivity index (χ1n) is 16.6. The molecule has 2 amide bonds. The molecule has 4 heterocycles. The number of hydrogen-bond acceptors (Lipinski definition) is 9. The van der Waals surface area contributed by atoms with Gasteiger partial charge in [-0.1, -0.05) is 12.1 Å². The molecule has 0 bridgehead atoms. The van der Waals surface area contributed by atoms with Gasteiger partial charge >= 0.3 is 12.3 Å². The van der Waals surface area contributed by atoms with E-state index in [0.29, 0.717) is 48.0 Å². The van der Waals surface area contributed by atoms with Crippen LogP contribution in [0.25, 0.3) is 11.0 Å². The molecule has 15 heteroatoms. The van der Waals surface area contributed by atoms with Gasteiger partial charge in [0, 0.05) is 43.2 Å². The van der Waals surface area contributed by atoms with E-state index >= 15 is 0 Å². The van der Waals surface area contributed by atoms with E-state index in [-0.39, 0.29) is 23.5 Å². The fourth-order valence-electron chi connectivity index (χ4n) is 5.72. The van der Waals surface area contributed by atoms with Gasteiger partial charge in [0.2, 0.25) is 0 Å². The lowest BCUT2D eigenvalue weighted by molar-refractivity contribution is -0.137. The number of methoxy groups -OCH3 is 1. The molecule has 272 valence electrons. The molecule has 1 aliphatic rings. The number of aromatic nitrogens is 4. The van der Waals surface area contributed by atoms with Gasteiger partial charge in [-0.2, -0.15) is 18.3 Å². The summed E-state index contributed by atoms with van der Waals surface area (Å²) in [4.78, 5) is 35.9. The second-order valence-electron chi connectivity index (χ2n) is 13.3. The fraction of sp³-hybridized carbons (Fsp3) is 0.324. The van der Waals surface area contributed by atoms with Crippen LogP contribution in [0.3, 0.4) is 0 Å². The van der Waals surface area contributed by atoms with Crippen molar-refractivity contribution in [3.63, 3.8) is 0 Å². The maximum atomic E-state index is 13.1. The fourth-order valence-corrected chi connectivity index (χ4v) is 5.72. The van der Waals surface area contributed by atoms with Crippen LogP contribution in [0.2, 0.25) is 0 Å². The van der Waals surface area contributed by atoms with Gasteiger partial charge in [0.25, 0.3) is 5.91 Å². The monoisotopic (exact) mass is 717 g/mol. The Morgan fingerprint density at radius 1 is 0.942 bits per heavy atom. The maximum absolute atomic E-state index is 13.1. The third-order valence-electron chi connectivity index (χ3n) is 8.17. The molecule has 0 radical (unpaired) electrons. The first-order valence-corrected chi connectivity index (χ1v) is 16.6. The molecular formula is C37H38F3N7O5. The van der Waals surface area contributed by atoms with Crippen LogP contribution in [0.15, 0.2) is 79.1 Å². The quantitative estimate of drug-likeness (QED) is 0.157. The molecule has 1 atom stereocenters. The van der Waals surface area contributed by atoms with Crippen molar-refractivity contribution in [3.8, 4) is 17.2 Å². The summed E-state index contributed by atoms with van der Waals surface area (Å²) < 4.78 is 58.4. The summed E-state index contributed by atoms with van der Waals surface area (Å²) in [6.07, 6.45) is -0.781.